The molecule has 2 amide bonds. The molecule has 28 heavy (non-hydrogen) atoms. The normalized spacial score (nSPS) is 25.3. The van der Waals surface area contributed by atoms with Crippen LogP contribution in [-0.4, -0.2) is 53.6 Å². The van der Waals surface area contributed by atoms with Crippen molar-refractivity contribution in [3.63, 3.8) is 0 Å². The highest BCUT2D eigenvalue weighted by Crippen LogP contribution is 2.24. The fraction of sp³-hybridized carbons (Fsp3) is 0.400. The van der Waals surface area contributed by atoms with Crippen LogP contribution in [0, 0.1) is 5.92 Å². The smallest absolute Gasteiger partial charge is 0.258 e. The van der Waals surface area contributed by atoms with E-state index in [4.69, 9.17) is 5.73 Å². The maximum absolute atomic E-state index is 12.7. The number of pyridine rings is 1. The summed E-state index contributed by atoms with van der Waals surface area (Å²) in [5.41, 5.74) is 7.56. The molecule has 8 nitrogen and oxygen atoms in total. The molecule has 3 aliphatic heterocycles. The molecule has 146 valence electrons. The maximum atomic E-state index is 12.7. The number of carbonyl (C=O) groups is 2. The first kappa shape index (κ1) is 18.2. The second kappa shape index (κ2) is 7.46. The zero-order chi connectivity index (χ0) is 19.7. The summed E-state index contributed by atoms with van der Waals surface area (Å²) in [5, 5.41) is 2.61. The minimum atomic E-state index is -0.283. The van der Waals surface area contributed by atoms with Crippen LogP contribution in [0.15, 0.2) is 46.9 Å². The van der Waals surface area contributed by atoms with Gasteiger partial charge in [0.25, 0.3) is 5.91 Å². The number of aromatic nitrogens is 1. The molecule has 0 aromatic carbocycles. The van der Waals surface area contributed by atoms with E-state index in [9.17, 15) is 9.59 Å². The van der Waals surface area contributed by atoms with Crippen molar-refractivity contribution in [2.24, 2.45) is 16.6 Å². The minimum absolute atomic E-state index is 0.112. The Kier molecular flexibility index (Phi) is 4.85. The second-order valence-corrected chi connectivity index (χ2v) is 7.54. The number of anilines is 1. The van der Waals surface area contributed by atoms with Gasteiger partial charge in [0.1, 0.15) is 5.82 Å². The SMILES string of the molecule is C[C@H]1CCN(c2ccc(N=CC3=C(N)CN(C4C=CNC(=O)C4)C3=O)cn2)C1. The summed E-state index contributed by atoms with van der Waals surface area (Å²) in [7, 11) is 0. The lowest BCUT2D eigenvalue weighted by Crippen LogP contribution is -2.42. The average molecular weight is 380 g/mol. The minimum Gasteiger partial charge on any atom is -0.400 e. The van der Waals surface area contributed by atoms with Crippen LogP contribution in [0.2, 0.25) is 0 Å². The Hall–Kier alpha value is -3.16. The van der Waals surface area contributed by atoms with Crippen LogP contribution in [0.5, 0.6) is 0 Å². The standard InChI is InChI=1S/C20H24N6O2/c1-13-5-7-25(11-13)18-3-2-14(9-24-18)23-10-16-17(21)12-26(20(16)28)15-4-6-22-19(27)8-15/h2-4,6,9-10,13,15H,5,7-8,11-12,21H2,1H3,(H,22,27)/t13-,15?/m0/s1. The average Bonchev–Trinajstić information content (AvgIpc) is 3.24. The van der Waals surface area contributed by atoms with Gasteiger partial charge in [-0.3, -0.25) is 14.6 Å². The van der Waals surface area contributed by atoms with E-state index in [2.05, 4.69) is 27.1 Å². The van der Waals surface area contributed by atoms with E-state index in [1.807, 2.05) is 12.1 Å². The monoisotopic (exact) mass is 380 g/mol. The predicted octanol–water partition coefficient (Wildman–Crippen LogP) is 1.09. The van der Waals surface area contributed by atoms with E-state index in [0.29, 0.717) is 29.4 Å². The van der Waals surface area contributed by atoms with Crippen LogP contribution >= 0.6 is 0 Å². The van der Waals surface area contributed by atoms with Gasteiger partial charge in [-0.25, -0.2) is 4.98 Å². The lowest BCUT2D eigenvalue weighted by molar-refractivity contribution is -0.128. The topological polar surface area (TPSA) is 104 Å². The van der Waals surface area contributed by atoms with Gasteiger partial charge < -0.3 is 20.9 Å². The van der Waals surface area contributed by atoms with Gasteiger partial charge in [0.15, 0.2) is 0 Å². The van der Waals surface area contributed by atoms with Crippen molar-refractivity contribution >= 4 is 29.5 Å². The lowest BCUT2D eigenvalue weighted by Gasteiger charge is -2.27. The van der Waals surface area contributed by atoms with Gasteiger partial charge in [-0.15, -0.1) is 0 Å². The molecule has 1 fully saturated rings. The van der Waals surface area contributed by atoms with Crippen LogP contribution in [0.4, 0.5) is 11.5 Å². The van der Waals surface area contributed by atoms with Crippen molar-refractivity contribution < 1.29 is 9.59 Å². The number of carbonyl (C=O) groups excluding carboxylic acids is 2. The molecule has 3 aliphatic rings. The number of nitrogens with two attached hydrogens (primary N) is 1. The summed E-state index contributed by atoms with van der Waals surface area (Å²) >= 11 is 0. The molecule has 0 radical (unpaired) electrons. The zero-order valence-electron chi connectivity index (χ0n) is 15.8. The van der Waals surface area contributed by atoms with Crippen molar-refractivity contribution in [3.8, 4) is 0 Å². The Balaban J connectivity index is 1.43. The third kappa shape index (κ3) is 3.62. The predicted molar refractivity (Wildman–Crippen MR) is 107 cm³/mol. The van der Waals surface area contributed by atoms with Crippen molar-refractivity contribution in [1.82, 2.24) is 15.2 Å². The van der Waals surface area contributed by atoms with Crippen LogP contribution in [0.1, 0.15) is 19.8 Å². The van der Waals surface area contributed by atoms with Gasteiger partial charge in [0, 0.05) is 31.2 Å². The second-order valence-electron chi connectivity index (χ2n) is 7.54. The molecule has 1 aromatic heterocycles. The maximum Gasteiger partial charge on any atom is 0.258 e. The first-order chi connectivity index (χ1) is 13.5. The summed E-state index contributed by atoms with van der Waals surface area (Å²) in [6.45, 7) is 4.59. The van der Waals surface area contributed by atoms with Crippen LogP contribution < -0.4 is 16.0 Å². The Morgan fingerprint density at radius 1 is 1.36 bits per heavy atom. The summed E-state index contributed by atoms with van der Waals surface area (Å²) in [4.78, 5) is 37.0. The fourth-order valence-corrected chi connectivity index (χ4v) is 3.75. The fourth-order valence-electron chi connectivity index (χ4n) is 3.75. The molecule has 4 heterocycles. The van der Waals surface area contributed by atoms with Crippen molar-refractivity contribution in [2.45, 2.75) is 25.8 Å². The summed E-state index contributed by atoms with van der Waals surface area (Å²) in [5.74, 6) is 1.32. The molecule has 1 saturated heterocycles. The first-order valence-corrected chi connectivity index (χ1v) is 9.52. The Morgan fingerprint density at radius 2 is 2.21 bits per heavy atom. The molecule has 1 unspecified atom stereocenters. The third-order valence-electron chi connectivity index (χ3n) is 5.36. The number of hydrogen-bond donors (Lipinski definition) is 2. The molecule has 1 aromatic rings. The summed E-state index contributed by atoms with van der Waals surface area (Å²) in [6.07, 6.45) is 8.00. The highest BCUT2D eigenvalue weighted by Gasteiger charge is 2.34. The van der Waals surface area contributed by atoms with E-state index in [0.717, 1.165) is 18.9 Å². The van der Waals surface area contributed by atoms with Crippen molar-refractivity contribution in [1.29, 1.82) is 0 Å². The van der Waals surface area contributed by atoms with E-state index < -0.39 is 0 Å². The molecule has 2 atom stereocenters. The zero-order valence-corrected chi connectivity index (χ0v) is 15.8. The van der Waals surface area contributed by atoms with Gasteiger partial charge in [0.2, 0.25) is 5.91 Å². The number of rotatable bonds is 4. The van der Waals surface area contributed by atoms with Crippen LogP contribution in [0.25, 0.3) is 0 Å². The largest absolute Gasteiger partial charge is 0.400 e. The number of nitrogens with zero attached hydrogens (tertiary/aromatic N) is 4. The molecular formula is C20H24N6O2. The molecule has 0 bridgehead atoms. The van der Waals surface area contributed by atoms with Crippen LogP contribution in [0.3, 0.4) is 0 Å². The first-order valence-electron chi connectivity index (χ1n) is 9.52. The van der Waals surface area contributed by atoms with Gasteiger partial charge in [-0.2, -0.15) is 0 Å². The number of amides is 2. The Labute approximate surface area is 163 Å². The number of nitrogens with one attached hydrogen (secondary N) is 1. The van der Waals surface area contributed by atoms with Gasteiger partial charge in [-0.1, -0.05) is 6.92 Å². The highest BCUT2D eigenvalue weighted by atomic mass is 16.2. The van der Waals surface area contributed by atoms with E-state index in [1.54, 1.807) is 23.4 Å². The van der Waals surface area contributed by atoms with Crippen LogP contribution in [-0.2, 0) is 9.59 Å². The summed E-state index contributed by atoms with van der Waals surface area (Å²) < 4.78 is 0. The lowest BCUT2D eigenvalue weighted by atomic mass is 10.1. The number of aliphatic imine (C=N–C) groups is 1. The molecular weight excluding hydrogens is 356 g/mol. The molecule has 0 aliphatic carbocycles. The van der Waals surface area contributed by atoms with E-state index in [1.165, 1.54) is 12.6 Å². The Morgan fingerprint density at radius 3 is 2.89 bits per heavy atom. The van der Waals surface area contributed by atoms with Gasteiger partial charge >= 0.3 is 0 Å². The van der Waals surface area contributed by atoms with Gasteiger partial charge in [-0.05, 0) is 30.5 Å². The molecule has 0 saturated carbocycles. The molecule has 4 rings (SSSR count). The van der Waals surface area contributed by atoms with Crippen molar-refractivity contribution in [2.75, 3.05) is 24.5 Å². The summed E-state index contributed by atoms with van der Waals surface area (Å²) in [6, 6.07) is 3.56. The third-order valence-corrected chi connectivity index (χ3v) is 5.36. The van der Waals surface area contributed by atoms with Crippen molar-refractivity contribution in [3.05, 3.63) is 41.9 Å². The van der Waals surface area contributed by atoms with E-state index in [-0.39, 0.29) is 24.3 Å². The number of hydrogen-bond acceptors (Lipinski definition) is 6. The van der Waals surface area contributed by atoms with Gasteiger partial charge in [0.05, 0.1) is 36.5 Å². The quantitative estimate of drug-likeness (QED) is 0.761. The molecule has 0 spiro atoms. The van der Waals surface area contributed by atoms with E-state index >= 15 is 0 Å². The Bertz CT molecular complexity index is 873. The highest BCUT2D eigenvalue weighted by molar-refractivity contribution is 6.15. The molecule has 3 N–H and O–H groups in total. The molecule has 8 heteroatoms.